The van der Waals surface area contributed by atoms with Crippen LogP contribution in [-0.4, -0.2) is 56.8 Å². The predicted molar refractivity (Wildman–Crippen MR) is 90.4 cm³/mol. The second-order valence-electron chi connectivity index (χ2n) is 5.05. The van der Waals surface area contributed by atoms with Crippen molar-refractivity contribution in [3.05, 3.63) is 0 Å². The van der Waals surface area contributed by atoms with Gasteiger partial charge in [-0.05, 0) is 45.3 Å². The number of hydrogen-bond acceptors (Lipinski definition) is 2. The van der Waals surface area contributed by atoms with Gasteiger partial charge in [0.15, 0.2) is 5.96 Å². The molecule has 0 aromatic heterocycles. The molecule has 0 aromatic rings. The van der Waals surface area contributed by atoms with Crippen LogP contribution in [0.1, 0.15) is 32.1 Å². The number of likely N-dealkylation sites (tertiary alicyclic amines) is 1. The first-order chi connectivity index (χ1) is 9.51. The summed E-state index contributed by atoms with van der Waals surface area (Å²) in [6, 6.07) is 0. The molecule has 0 amide bonds. The lowest BCUT2D eigenvalue weighted by Crippen LogP contribution is -2.39. The summed E-state index contributed by atoms with van der Waals surface area (Å²) in [5, 5.41) is 5.70. The van der Waals surface area contributed by atoms with Crippen LogP contribution in [0.15, 0.2) is 4.99 Å². The summed E-state index contributed by atoms with van der Waals surface area (Å²) in [5.41, 5.74) is 0. The molecule has 126 valence electrons. The van der Waals surface area contributed by atoms with E-state index in [4.69, 9.17) is 0 Å². The molecule has 8 heteroatoms. The monoisotopic (exact) mass is 422 g/mol. The average Bonchev–Trinajstić information content (AvgIpc) is 2.88. The molecule has 1 aliphatic rings. The van der Waals surface area contributed by atoms with Crippen molar-refractivity contribution in [2.24, 2.45) is 4.99 Å². The summed E-state index contributed by atoms with van der Waals surface area (Å²) in [7, 11) is 1.56. The quantitative estimate of drug-likeness (QED) is 0.287. The van der Waals surface area contributed by atoms with Gasteiger partial charge in [0.05, 0.1) is 6.42 Å². The molecule has 1 saturated heterocycles. The highest BCUT2D eigenvalue weighted by Crippen LogP contribution is 2.18. The third-order valence-corrected chi connectivity index (χ3v) is 3.32. The third-order valence-electron chi connectivity index (χ3n) is 3.32. The van der Waals surface area contributed by atoms with Crippen LogP contribution in [-0.2, 0) is 0 Å². The van der Waals surface area contributed by atoms with E-state index in [1.54, 1.807) is 7.05 Å². The van der Waals surface area contributed by atoms with Crippen LogP contribution in [0.2, 0.25) is 0 Å². The van der Waals surface area contributed by atoms with Crippen LogP contribution in [0.25, 0.3) is 0 Å². The van der Waals surface area contributed by atoms with Gasteiger partial charge >= 0.3 is 6.18 Å². The van der Waals surface area contributed by atoms with Crippen LogP contribution in [0.5, 0.6) is 0 Å². The van der Waals surface area contributed by atoms with E-state index in [1.165, 1.54) is 25.9 Å². The molecule has 0 saturated carbocycles. The van der Waals surface area contributed by atoms with E-state index in [0.717, 1.165) is 25.9 Å². The Morgan fingerprint density at radius 2 is 1.71 bits per heavy atom. The van der Waals surface area contributed by atoms with Crippen LogP contribution in [0.3, 0.4) is 0 Å². The minimum atomic E-state index is -4.12. The predicted octanol–water partition coefficient (Wildman–Crippen LogP) is 2.60. The van der Waals surface area contributed by atoms with Crippen LogP contribution < -0.4 is 10.6 Å². The number of guanidine groups is 1. The van der Waals surface area contributed by atoms with E-state index in [-0.39, 0.29) is 30.5 Å². The van der Waals surface area contributed by atoms with Crippen LogP contribution in [0, 0.1) is 0 Å². The molecule has 0 bridgehead atoms. The Labute approximate surface area is 142 Å². The van der Waals surface area contributed by atoms with Crippen LogP contribution >= 0.6 is 24.0 Å². The number of alkyl halides is 3. The Morgan fingerprint density at radius 3 is 2.29 bits per heavy atom. The maximum absolute atomic E-state index is 12.0. The lowest BCUT2D eigenvalue weighted by Gasteiger charge is -2.15. The van der Waals surface area contributed by atoms with Crippen molar-refractivity contribution in [2.75, 3.05) is 39.8 Å². The zero-order valence-electron chi connectivity index (χ0n) is 12.5. The largest absolute Gasteiger partial charge is 0.390 e. The SMILES string of the molecule is CN=C(NCCCCN1CCCC1)NCCC(F)(F)F.I. The number of aliphatic imine (C=N–C) groups is 1. The van der Waals surface area contributed by atoms with Gasteiger partial charge in [-0.3, -0.25) is 4.99 Å². The van der Waals surface area contributed by atoms with E-state index in [1.807, 2.05) is 0 Å². The normalized spacial score (nSPS) is 16.7. The molecule has 2 N–H and O–H groups in total. The van der Waals surface area contributed by atoms with Gasteiger partial charge in [0.1, 0.15) is 0 Å². The molecule has 0 aromatic carbocycles. The number of nitrogens with zero attached hydrogens (tertiary/aromatic N) is 2. The zero-order valence-corrected chi connectivity index (χ0v) is 14.8. The molecule has 4 nitrogen and oxygen atoms in total. The number of unbranched alkanes of at least 4 members (excludes halogenated alkanes) is 1. The average molecular weight is 422 g/mol. The van der Waals surface area contributed by atoms with E-state index in [2.05, 4.69) is 20.5 Å². The summed E-state index contributed by atoms with van der Waals surface area (Å²) in [4.78, 5) is 6.35. The van der Waals surface area contributed by atoms with Crippen molar-refractivity contribution in [3.8, 4) is 0 Å². The zero-order chi connectivity index (χ0) is 14.8. The molecule has 0 spiro atoms. The summed E-state index contributed by atoms with van der Waals surface area (Å²) in [5.74, 6) is 0.440. The molecule has 0 aliphatic carbocycles. The van der Waals surface area contributed by atoms with Gasteiger partial charge in [-0.15, -0.1) is 24.0 Å². The molecule has 0 radical (unpaired) electrons. The summed E-state index contributed by atoms with van der Waals surface area (Å²) in [6.07, 6.45) is -0.269. The highest BCUT2D eigenvalue weighted by atomic mass is 127. The first kappa shape index (κ1) is 20.8. The standard InChI is InChI=1S/C13H25F3N4.HI/c1-17-12(19-8-6-13(14,15)16)18-7-2-3-9-20-10-4-5-11-20;/h2-11H2,1H3,(H2,17,18,19);1H. The van der Waals surface area contributed by atoms with Crippen molar-refractivity contribution in [1.29, 1.82) is 0 Å². The van der Waals surface area contributed by atoms with Crippen molar-refractivity contribution >= 4 is 29.9 Å². The smallest absolute Gasteiger partial charge is 0.356 e. The number of nitrogens with one attached hydrogen (secondary N) is 2. The first-order valence-electron chi connectivity index (χ1n) is 7.25. The Hall–Kier alpha value is -0.250. The molecule has 1 fully saturated rings. The Balaban J connectivity index is 0.00000400. The maximum atomic E-state index is 12.0. The lowest BCUT2D eigenvalue weighted by molar-refractivity contribution is -0.132. The second-order valence-corrected chi connectivity index (χ2v) is 5.05. The first-order valence-corrected chi connectivity index (χ1v) is 7.25. The van der Waals surface area contributed by atoms with Gasteiger partial charge in [-0.25, -0.2) is 0 Å². The van der Waals surface area contributed by atoms with Crippen molar-refractivity contribution < 1.29 is 13.2 Å². The topological polar surface area (TPSA) is 39.7 Å². The van der Waals surface area contributed by atoms with Gasteiger partial charge in [0, 0.05) is 20.1 Å². The molecular formula is C13H26F3IN4. The summed E-state index contributed by atoms with van der Waals surface area (Å²) in [6.45, 7) is 4.11. The third kappa shape index (κ3) is 11.0. The van der Waals surface area contributed by atoms with Gasteiger partial charge in [-0.2, -0.15) is 13.2 Å². The number of halogens is 4. The van der Waals surface area contributed by atoms with E-state index in [9.17, 15) is 13.2 Å². The fourth-order valence-electron chi connectivity index (χ4n) is 2.22. The Morgan fingerprint density at radius 1 is 1.10 bits per heavy atom. The Kier molecular flexibility index (Phi) is 11.2. The van der Waals surface area contributed by atoms with Crippen LogP contribution in [0.4, 0.5) is 13.2 Å². The van der Waals surface area contributed by atoms with Gasteiger partial charge in [0.25, 0.3) is 0 Å². The lowest BCUT2D eigenvalue weighted by atomic mass is 10.3. The van der Waals surface area contributed by atoms with E-state index >= 15 is 0 Å². The second kappa shape index (κ2) is 11.3. The van der Waals surface area contributed by atoms with Gasteiger partial charge in [-0.1, -0.05) is 0 Å². The molecule has 1 aliphatic heterocycles. The van der Waals surface area contributed by atoms with Crippen molar-refractivity contribution in [1.82, 2.24) is 15.5 Å². The molecule has 1 rings (SSSR count). The maximum Gasteiger partial charge on any atom is 0.390 e. The fourth-order valence-corrected chi connectivity index (χ4v) is 2.22. The number of rotatable bonds is 7. The molecular weight excluding hydrogens is 396 g/mol. The summed E-state index contributed by atoms with van der Waals surface area (Å²) >= 11 is 0. The van der Waals surface area contributed by atoms with E-state index < -0.39 is 12.6 Å². The molecule has 0 unspecified atom stereocenters. The van der Waals surface area contributed by atoms with Gasteiger partial charge in [0.2, 0.25) is 0 Å². The highest BCUT2D eigenvalue weighted by molar-refractivity contribution is 14.0. The molecule has 0 atom stereocenters. The Bertz CT molecular complexity index is 292. The van der Waals surface area contributed by atoms with E-state index in [0.29, 0.717) is 5.96 Å². The minimum Gasteiger partial charge on any atom is -0.356 e. The molecule has 1 heterocycles. The van der Waals surface area contributed by atoms with Gasteiger partial charge < -0.3 is 15.5 Å². The number of hydrogen-bond donors (Lipinski definition) is 2. The van der Waals surface area contributed by atoms with Crippen molar-refractivity contribution in [2.45, 2.75) is 38.3 Å². The fraction of sp³-hybridized carbons (Fsp3) is 0.923. The highest BCUT2D eigenvalue weighted by Gasteiger charge is 2.26. The van der Waals surface area contributed by atoms with Crippen molar-refractivity contribution in [3.63, 3.8) is 0 Å². The summed E-state index contributed by atoms with van der Waals surface area (Å²) < 4.78 is 36.0. The molecule has 21 heavy (non-hydrogen) atoms. The minimum absolute atomic E-state index is 0.